The Morgan fingerprint density at radius 3 is 1.92 bits per heavy atom. The first-order chi connectivity index (χ1) is 6.02. The average molecular weight is 194 g/mol. The van der Waals surface area contributed by atoms with Gasteiger partial charge in [0.05, 0.1) is 25.4 Å². The van der Waals surface area contributed by atoms with Gasteiger partial charge in [-0.1, -0.05) is 0 Å². The summed E-state index contributed by atoms with van der Waals surface area (Å²) in [6, 6.07) is 0. The summed E-state index contributed by atoms with van der Waals surface area (Å²) in [5.41, 5.74) is 0. The SMILES string of the molecule is CC(O)C(CO)OC(C)C(O)CO. The van der Waals surface area contributed by atoms with Crippen molar-refractivity contribution >= 4 is 0 Å². The lowest BCUT2D eigenvalue weighted by molar-refractivity contribution is -0.127. The van der Waals surface area contributed by atoms with E-state index in [0.29, 0.717) is 0 Å². The van der Waals surface area contributed by atoms with Gasteiger partial charge in [-0.2, -0.15) is 0 Å². The second-order valence-corrected chi connectivity index (χ2v) is 3.05. The molecular formula is C8H18O5. The van der Waals surface area contributed by atoms with Crippen molar-refractivity contribution in [3.8, 4) is 0 Å². The molecule has 4 N–H and O–H groups in total. The number of aliphatic hydroxyl groups excluding tert-OH is 4. The summed E-state index contributed by atoms with van der Waals surface area (Å²) in [4.78, 5) is 0. The second-order valence-electron chi connectivity index (χ2n) is 3.05. The minimum atomic E-state index is -0.993. The molecular weight excluding hydrogens is 176 g/mol. The first-order valence-electron chi connectivity index (χ1n) is 4.26. The van der Waals surface area contributed by atoms with Crippen LogP contribution in [0.2, 0.25) is 0 Å². The first-order valence-corrected chi connectivity index (χ1v) is 4.26. The van der Waals surface area contributed by atoms with E-state index in [2.05, 4.69) is 0 Å². The zero-order chi connectivity index (χ0) is 10.4. The van der Waals surface area contributed by atoms with Crippen molar-refractivity contribution in [2.45, 2.75) is 38.3 Å². The topological polar surface area (TPSA) is 90.2 Å². The summed E-state index contributed by atoms with van der Waals surface area (Å²) < 4.78 is 5.10. The van der Waals surface area contributed by atoms with Gasteiger partial charge in [-0.3, -0.25) is 0 Å². The van der Waals surface area contributed by atoms with E-state index in [0.717, 1.165) is 0 Å². The van der Waals surface area contributed by atoms with Gasteiger partial charge in [0.25, 0.3) is 0 Å². The van der Waals surface area contributed by atoms with Gasteiger partial charge in [0.15, 0.2) is 0 Å². The summed E-state index contributed by atoms with van der Waals surface area (Å²) in [5.74, 6) is 0. The van der Waals surface area contributed by atoms with Gasteiger partial charge in [0.1, 0.15) is 12.2 Å². The molecule has 0 heterocycles. The monoisotopic (exact) mass is 194 g/mol. The zero-order valence-electron chi connectivity index (χ0n) is 7.92. The molecule has 0 aliphatic heterocycles. The largest absolute Gasteiger partial charge is 0.394 e. The minimum Gasteiger partial charge on any atom is -0.394 e. The van der Waals surface area contributed by atoms with Crippen LogP contribution in [-0.2, 0) is 4.74 Å². The number of hydrogen-bond donors (Lipinski definition) is 4. The first kappa shape index (κ1) is 12.8. The van der Waals surface area contributed by atoms with Crippen LogP contribution in [0.1, 0.15) is 13.8 Å². The second kappa shape index (κ2) is 6.28. The Morgan fingerprint density at radius 2 is 1.62 bits per heavy atom. The van der Waals surface area contributed by atoms with Crippen molar-refractivity contribution in [1.82, 2.24) is 0 Å². The lowest BCUT2D eigenvalue weighted by Crippen LogP contribution is -2.39. The van der Waals surface area contributed by atoms with E-state index in [4.69, 9.17) is 25.2 Å². The Labute approximate surface area is 77.6 Å². The molecule has 0 aromatic heterocycles. The molecule has 0 fully saturated rings. The lowest BCUT2D eigenvalue weighted by Gasteiger charge is -2.25. The third kappa shape index (κ3) is 4.54. The lowest BCUT2D eigenvalue weighted by atomic mass is 10.2. The van der Waals surface area contributed by atoms with Crippen molar-refractivity contribution in [3.63, 3.8) is 0 Å². The van der Waals surface area contributed by atoms with Crippen LogP contribution in [0.4, 0.5) is 0 Å². The maximum absolute atomic E-state index is 9.11. The summed E-state index contributed by atoms with van der Waals surface area (Å²) in [6.07, 6.45) is -3.14. The van der Waals surface area contributed by atoms with Gasteiger partial charge in [-0.15, -0.1) is 0 Å². The van der Waals surface area contributed by atoms with Crippen molar-refractivity contribution in [3.05, 3.63) is 0 Å². The van der Waals surface area contributed by atoms with Crippen LogP contribution in [0.25, 0.3) is 0 Å². The fraction of sp³-hybridized carbons (Fsp3) is 1.00. The highest BCUT2D eigenvalue weighted by Gasteiger charge is 2.21. The Morgan fingerprint density at radius 1 is 1.08 bits per heavy atom. The highest BCUT2D eigenvalue weighted by molar-refractivity contribution is 4.69. The molecule has 4 unspecified atom stereocenters. The standard InChI is InChI=1S/C8H18O5/c1-5(11)8(4-10)13-6(2)7(12)3-9/h5-12H,3-4H2,1-2H3. The maximum atomic E-state index is 9.11. The third-order valence-corrected chi connectivity index (χ3v) is 1.84. The summed E-state index contributed by atoms with van der Waals surface area (Å²) in [6.45, 7) is 2.32. The van der Waals surface area contributed by atoms with E-state index < -0.39 is 31.0 Å². The molecule has 4 atom stereocenters. The molecule has 13 heavy (non-hydrogen) atoms. The molecule has 0 aliphatic carbocycles. The fourth-order valence-corrected chi connectivity index (χ4v) is 0.824. The number of hydrogen-bond acceptors (Lipinski definition) is 5. The fourth-order valence-electron chi connectivity index (χ4n) is 0.824. The van der Waals surface area contributed by atoms with Gasteiger partial charge in [-0.25, -0.2) is 0 Å². The number of ether oxygens (including phenoxy) is 1. The van der Waals surface area contributed by atoms with Gasteiger partial charge >= 0.3 is 0 Å². The Bertz CT molecular complexity index is 128. The quantitative estimate of drug-likeness (QED) is 0.412. The van der Waals surface area contributed by atoms with Crippen molar-refractivity contribution in [2.24, 2.45) is 0 Å². The van der Waals surface area contributed by atoms with Crippen LogP contribution in [0, 0.1) is 0 Å². The number of rotatable bonds is 6. The smallest absolute Gasteiger partial charge is 0.107 e. The molecule has 0 aromatic rings. The summed E-state index contributed by atoms with van der Waals surface area (Å²) in [7, 11) is 0. The molecule has 0 aliphatic rings. The average Bonchev–Trinajstić information content (AvgIpc) is 2.11. The van der Waals surface area contributed by atoms with Gasteiger partial charge in [-0.05, 0) is 13.8 Å². The van der Waals surface area contributed by atoms with Gasteiger partial charge in [0.2, 0.25) is 0 Å². The van der Waals surface area contributed by atoms with E-state index in [1.54, 1.807) is 6.92 Å². The van der Waals surface area contributed by atoms with Crippen molar-refractivity contribution in [1.29, 1.82) is 0 Å². The molecule has 0 saturated carbocycles. The summed E-state index contributed by atoms with van der Waals surface area (Å²) >= 11 is 0. The van der Waals surface area contributed by atoms with E-state index >= 15 is 0 Å². The molecule has 0 amide bonds. The van der Waals surface area contributed by atoms with Crippen LogP contribution >= 0.6 is 0 Å². The van der Waals surface area contributed by atoms with Crippen LogP contribution in [0.15, 0.2) is 0 Å². The molecule has 5 heteroatoms. The zero-order valence-corrected chi connectivity index (χ0v) is 7.92. The van der Waals surface area contributed by atoms with E-state index in [-0.39, 0.29) is 6.61 Å². The van der Waals surface area contributed by atoms with E-state index in [9.17, 15) is 0 Å². The van der Waals surface area contributed by atoms with Crippen molar-refractivity contribution < 1.29 is 25.2 Å². The molecule has 0 bridgehead atoms. The Hall–Kier alpha value is -0.200. The molecule has 0 rings (SSSR count). The summed E-state index contributed by atoms with van der Waals surface area (Å²) in [5, 5.41) is 35.5. The number of aliphatic hydroxyl groups is 4. The van der Waals surface area contributed by atoms with Gasteiger partial charge < -0.3 is 25.2 Å². The Balaban J connectivity index is 3.93. The predicted octanol–water partition coefficient (Wildman–Crippen LogP) is -1.51. The maximum Gasteiger partial charge on any atom is 0.107 e. The molecule has 5 nitrogen and oxygen atoms in total. The van der Waals surface area contributed by atoms with Crippen molar-refractivity contribution in [2.75, 3.05) is 13.2 Å². The van der Waals surface area contributed by atoms with Crippen LogP contribution in [-0.4, -0.2) is 58.1 Å². The molecule has 0 saturated heterocycles. The Kier molecular flexibility index (Phi) is 6.19. The molecule has 80 valence electrons. The molecule has 0 spiro atoms. The minimum absolute atomic E-state index is 0.319. The predicted molar refractivity (Wildman–Crippen MR) is 46.2 cm³/mol. The van der Waals surface area contributed by atoms with Crippen LogP contribution in [0.5, 0.6) is 0 Å². The van der Waals surface area contributed by atoms with Gasteiger partial charge in [0, 0.05) is 0 Å². The third-order valence-electron chi connectivity index (χ3n) is 1.84. The highest BCUT2D eigenvalue weighted by Crippen LogP contribution is 2.06. The van der Waals surface area contributed by atoms with Crippen LogP contribution < -0.4 is 0 Å². The molecule has 0 aromatic carbocycles. The van der Waals surface area contributed by atoms with E-state index in [1.165, 1.54) is 6.92 Å². The van der Waals surface area contributed by atoms with E-state index in [1.807, 2.05) is 0 Å². The normalized spacial score (nSPS) is 20.8. The highest BCUT2D eigenvalue weighted by atomic mass is 16.5. The van der Waals surface area contributed by atoms with Crippen LogP contribution in [0.3, 0.4) is 0 Å². The molecule has 0 radical (unpaired) electrons.